The van der Waals surface area contributed by atoms with Crippen molar-refractivity contribution in [2.75, 3.05) is 19.5 Å². The fraction of sp³-hybridized carbons (Fsp3) is 0.208. The lowest BCUT2D eigenvalue weighted by atomic mass is 10.2. The molecule has 8 heteroatoms. The van der Waals surface area contributed by atoms with Crippen LogP contribution in [0.1, 0.15) is 18.8 Å². The zero-order valence-electron chi connectivity index (χ0n) is 18.2. The molecule has 0 saturated heterocycles. The first-order chi connectivity index (χ1) is 15.4. The minimum Gasteiger partial charge on any atom is -0.493 e. The van der Waals surface area contributed by atoms with Crippen LogP contribution >= 0.6 is 11.3 Å². The second-order valence-electron chi connectivity index (χ2n) is 7.26. The predicted octanol–water partition coefficient (Wildman–Crippen LogP) is 4.65. The van der Waals surface area contributed by atoms with Crippen LogP contribution in [0.15, 0.2) is 59.4 Å². The van der Waals surface area contributed by atoms with Gasteiger partial charge in [-0.1, -0.05) is 30.3 Å². The number of aromatic nitrogens is 2. The van der Waals surface area contributed by atoms with Crippen molar-refractivity contribution in [1.29, 1.82) is 0 Å². The Morgan fingerprint density at radius 3 is 2.47 bits per heavy atom. The van der Waals surface area contributed by atoms with Gasteiger partial charge in [0.05, 0.1) is 19.6 Å². The van der Waals surface area contributed by atoms with E-state index in [0.29, 0.717) is 33.2 Å². The van der Waals surface area contributed by atoms with E-state index in [1.165, 1.54) is 23.0 Å². The van der Waals surface area contributed by atoms with Crippen molar-refractivity contribution in [3.05, 3.63) is 70.8 Å². The third-order valence-electron chi connectivity index (χ3n) is 5.25. The number of methoxy groups -OCH3 is 2. The monoisotopic (exact) mass is 449 g/mol. The van der Waals surface area contributed by atoms with E-state index in [1.807, 2.05) is 36.4 Å². The van der Waals surface area contributed by atoms with E-state index in [2.05, 4.69) is 10.3 Å². The number of anilines is 1. The van der Waals surface area contributed by atoms with Crippen molar-refractivity contribution in [1.82, 2.24) is 9.55 Å². The average Bonchev–Trinajstić information content (AvgIpc) is 3.23. The highest BCUT2D eigenvalue weighted by Crippen LogP contribution is 2.32. The van der Waals surface area contributed by atoms with Crippen molar-refractivity contribution in [3.63, 3.8) is 0 Å². The van der Waals surface area contributed by atoms with Crippen LogP contribution in [0.3, 0.4) is 0 Å². The van der Waals surface area contributed by atoms with E-state index in [-0.39, 0.29) is 11.5 Å². The van der Waals surface area contributed by atoms with Crippen LogP contribution in [0.2, 0.25) is 0 Å². The van der Waals surface area contributed by atoms with Gasteiger partial charge in [0.25, 0.3) is 5.56 Å². The summed E-state index contributed by atoms with van der Waals surface area (Å²) in [7, 11) is 3.07. The van der Waals surface area contributed by atoms with Gasteiger partial charge in [0.15, 0.2) is 11.5 Å². The molecule has 0 aliphatic heterocycles. The summed E-state index contributed by atoms with van der Waals surface area (Å²) in [5, 5.41) is 3.35. The molecule has 2 heterocycles. The summed E-state index contributed by atoms with van der Waals surface area (Å²) in [5.74, 6) is 1.22. The van der Waals surface area contributed by atoms with E-state index in [1.54, 1.807) is 39.2 Å². The molecule has 4 aromatic rings. The first kappa shape index (κ1) is 21.6. The average molecular weight is 450 g/mol. The first-order valence-corrected chi connectivity index (χ1v) is 10.9. The third-order valence-corrected chi connectivity index (χ3v) is 6.33. The Bertz CT molecular complexity index is 1340. The lowest BCUT2D eigenvalue weighted by molar-refractivity contribution is -0.118. The molecule has 0 bridgehead atoms. The van der Waals surface area contributed by atoms with Gasteiger partial charge in [-0.25, -0.2) is 4.98 Å². The quantitative estimate of drug-likeness (QED) is 0.463. The van der Waals surface area contributed by atoms with Gasteiger partial charge in [0, 0.05) is 16.6 Å². The standard InChI is InChI=1S/C24H23N3O4S/c1-14(22(28)26-17-10-11-19(30-3)20(12-17)31-4)27-15(2)25-23-18(24(27)29)13-21(32-23)16-8-6-5-7-9-16/h5-14H,1-4H3,(H,26,28). The smallest absolute Gasteiger partial charge is 0.263 e. The number of benzene rings is 2. The van der Waals surface area contributed by atoms with Crippen molar-refractivity contribution in [3.8, 4) is 21.9 Å². The third kappa shape index (κ3) is 3.97. The number of rotatable bonds is 6. The molecule has 0 aliphatic carbocycles. The number of hydrogen-bond acceptors (Lipinski definition) is 6. The highest BCUT2D eigenvalue weighted by atomic mass is 32.1. The zero-order chi connectivity index (χ0) is 22.8. The molecule has 4 rings (SSSR count). The highest BCUT2D eigenvalue weighted by Gasteiger charge is 2.22. The second-order valence-corrected chi connectivity index (χ2v) is 8.30. The van der Waals surface area contributed by atoms with Crippen molar-refractivity contribution in [2.45, 2.75) is 19.9 Å². The van der Waals surface area contributed by atoms with Gasteiger partial charge in [0.2, 0.25) is 5.91 Å². The highest BCUT2D eigenvalue weighted by molar-refractivity contribution is 7.21. The molecule has 0 spiro atoms. The molecular formula is C24H23N3O4S. The maximum Gasteiger partial charge on any atom is 0.263 e. The van der Waals surface area contributed by atoms with Crippen LogP contribution in [0.5, 0.6) is 11.5 Å². The topological polar surface area (TPSA) is 82.5 Å². The number of hydrogen-bond donors (Lipinski definition) is 1. The molecule has 32 heavy (non-hydrogen) atoms. The molecule has 7 nitrogen and oxygen atoms in total. The predicted molar refractivity (Wildman–Crippen MR) is 127 cm³/mol. The van der Waals surface area contributed by atoms with E-state index in [0.717, 1.165) is 10.4 Å². The van der Waals surface area contributed by atoms with Gasteiger partial charge in [0.1, 0.15) is 16.7 Å². The van der Waals surface area contributed by atoms with Gasteiger partial charge >= 0.3 is 0 Å². The first-order valence-electron chi connectivity index (χ1n) is 10.0. The lowest BCUT2D eigenvalue weighted by Crippen LogP contribution is -2.33. The molecule has 0 saturated carbocycles. The molecule has 2 aromatic heterocycles. The zero-order valence-corrected chi connectivity index (χ0v) is 19.0. The summed E-state index contributed by atoms with van der Waals surface area (Å²) >= 11 is 1.47. The van der Waals surface area contributed by atoms with Gasteiger partial charge in [-0.2, -0.15) is 0 Å². The Morgan fingerprint density at radius 2 is 1.78 bits per heavy atom. The molecule has 0 aliphatic rings. The normalized spacial score (nSPS) is 11.9. The number of nitrogens with zero attached hydrogens (tertiary/aromatic N) is 2. The van der Waals surface area contributed by atoms with Gasteiger partial charge < -0.3 is 14.8 Å². The Balaban J connectivity index is 1.66. The van der Waals surface area contributed by atoms with E-state index < -0.39 is 6.04 Å². The Kier molecular flexibility index (Phi) is 5.96. The number of carbonyl (C=O) groups is 1. The second kappa shape index (κ2) is 8.84. The number of fused-ring (bicyclic) bond motifs is 1. The van der Waals surface area contributed by atoms with Crippen LogP contribution < -0.4 is 20.3 Å². The molecule has 1 amide bonds. The minimum absolute atomic E-state index is 0.235. The summed E-state index contributed by atoms with van der Waals surface area (Å²) in [6, 6.07) is 16.0. The van der Waals surface area contributed by atoms with Gasteiger partial charge in [-0.05, 0) is 37.6 Å². The maximum absolute atomic E-state index is 13.3. The fourth-order valence-electron chi connectivity index (χ4n) is 3.57. The van der Waals surface area contributed by atoms with E-state index >= 15 is 0 Å². The molecule has 164 valence electrons. The lowest BCUT2D eigenvalue weighted by Gasteiger charge is -2.18. The number of nitrogens with one attached hydrogen (secondary N) is 1. The fourth-order valence-corrected chi connectivity index (χ4v) is 4.65. The molecule has 1 N–H and O–H groups in total. The number of thiophene rings is 1. The molecular weight excluding hydrogens is 426 g/mol. The largest absolute Gasteiger partial charge is 0.493 e. The Labute approximate surface area is 189 Å². The van der Waals surface area contributed by atoms with Crippen molar-refractivity contribution < 1.29 is 14.3 Å². The van der Waals surface area contributed by atoms with E-state index in [9.17, 15) is 9.59 Å². The summed E-state index contributed by atoms with van der Waals surface area (Å²) in [6.45, 7) is 3.42. The van der Waals surface area contributed by atoms with Crippen LogP contribution in [-0.4, -0.2) is 29.7 Å². The van der Waals surface area contributed by atoms with Crippen LogP contribution in [-0.2, 0) is 4.79 Å². The van der Waals surface area contributed by atoms with Crippen LogP contribution in [0, 0.1) is 6.92 Å². The SMILES string of the molecule is COc1ccc(NC(=O)C(C)n2c(C)nc3sc(-c4ccccc4)cc3c2=O)cc1OC. The Morgan fingerprint density at radius 1 is 1.06 bits per heavy atom. The number of amides is 1. The molecule has 1 atom stereocenters. The summed E-state index contributed by atoms with van der Waals surface area (Å²) in [5.41, 5.74) is 1.33. The van der Waals surface area contributed by atoms with Gasteiger partial charge in [-0.3, -0.25) is 14.2 Å². The van der Waals surface area contributed by atoms with Crippen LogP contribution in [0.25, 0.3) is 20.7 Å². The summed E-state index contributed by atoms with van der Waals surface area (Å²) < 4.78 is 11.9. The Hall–Kier alpha value is -3.65. The number of carbonyl (C=O) groups excluding carboxylic acids is 1. The van der Waals surface area contributed by atoms with Gasteiger partial charge in [-0.15, -0.1) is 11.3 Å². The number of ether oxygens (including phenoxy) is 2. The molecule has 0 fully saturated rings. The molecule has 2 aromatic carbocycles. The summed E-state index contributed by atoms with van der Waals surface area (Å²) in [4.78, 5) is 32.5. The van der Waals surface area contributed by atoms with Crippen molar-refractivity contribution in [2.24, 2.45) is 0 Å². The maximum atomic E-state index is 13.3. The molecule has 1 unspecified atom stereocenters. The molecule has 0 radical (unpaired) electrons. The minimum atomic E-state index is -0.757. The summed E-state index contributed by atoms with van der Waals surface area (Å²) in [6.07, 6.45) is 0. The number of aryl methyl sites for hydroxylation is 1. The van der Waals surface area contributed by atoms with Crippen molar-refractivity contribution >= 4 is 33.1 Å². The van der Waals surface area contributed by atoms with Crippen LogP contribution in [0.4, 0.5) is 5.69 Å². The van der Waals surface area contributed by atoms with E-state index in [4.69, 9.17) is 9.47 Å².